The quantitative estimate of drug-likeness (QED) is 0.678. The average molecular weight is 486 g/mol. The Morgan fingerprint density at radius 3 is 2.50 bits per heavy atom. The standard InChI is InChI=1S/C25H31N3O5S/c1-17-14-20-15-22(7-8-23(20)28(17)25(30)19-4-2-5-19)34(31,32)27-11-9-18(10-12-27)24(29)26-16-21-6-3-13-33-21/h3,6-8,13,15,17-19H,2,4-5,9-12,14,16H2,1H3,(H,26,29)/t17-/m1/s1. The van der Waals surface area contributed by atoms with Crippen molar-refractivity contribution < 1.29 is 22.4 Å². The van der Waals surface area contributed by atoms with E-state index >= 15 is 0 Å². The van der Waals surface area contributed by atoms with E-state index in [0.29, 0.717) is 44.7 Å². The first-order valence-corrected chi connectivity index (χ1v) is 13.5. The molecule has 1 aromatic heterocycles. The van der Waals surface area contributed by atoms with Crippen molar-refractivity contribution in [1.82, 2.24) is 9.62 Å². The van der Waals surface area contributed by atoms with Crippen LogP contribution in [0.1, 0.15) is 50.4 Å². The average Bonchev–Trinajstić information content (AvgIpc) is 3.42. The molecule has 1 aliphatic carbocycles. The minimum atomic E-state index is -3.66. The zero-order valence-electron chi connectivity index (χ0n) is 19.4. The van der Waals surface area contributed by atoms with Crippen molar-refractivity contribution in [2.45, 2.75) is 62.9 Å². The maximum absolute atomic E-state index is 13.3. The fourth-order valence-corrected chi connectivity index (χ4v) is 6.72. The van der Waals surface area contributed by atoms with Crippen molar-refractivity contribution in [2.24, 2.45) is 11.8 Å². The highest BCUT2D eigenvalue weighted by atomic mass is 32.2. The Labute approximate surface area is 200 Å². The molecular weight excluding hydrogens is 454 g/mol. The summed E-state index contributed by atoms with van der Waals surface area (Å²) in [5.41, 5.74) is 1.75. The molecule has 182 valence electrons. The van der Waals surface area contributed by atoms with E-state index in [0.717, 1.165) is 30.5 Å². The summed E-state index contributed by atoms with van der Waals surface area (Å²) in [7, 11) is -3.66. The number of hydrogen-bond acceptors (Lipinski definition) is 5. The maximum atomic E-state index is 13.3. The molecule has 1 atom stereocenters. The van der Waals surface area contributed by atoms with Crippen molar-refractivity contribution in [2.75, 3.05) is 18.0 Å². The van der Waals surface area contributed by atoms with Crippen molar-refractivity contribution in [3.63, 3.8) is 0 Å². The van der Waals surface area contributed by atoms with Crippen LogP contribution < -0.4 is 10.2 Å². The number of hydrogen-bond donors (Lipinski definition) is 1. The summed E-state index contributed by atoms with van der Waals surface area (Å²) in [4.78, 5) is 27.5. The summed E-state index contributed by atoms with van der Waals surface area (Å²) in [6.07, 6.45) is 6.18. The lowest BCUT2D eigenvalue weighted by Gasteiger charge is -2.32. The topological polar surface area (TPSA) is 99.9 Å². The van der Waals surface area contributed by atoms with Crippen LogP contribution in [-0.4, -0.2) is 43.7 Å². The summed E-state index contributed by atoms with van der Waals surface area (Å²) in [6.45, 7) is 2.96. The Morgan fingerprint density at radius 2 is 1.85 bits per heavy atom. The van der Waals surface area contributed by atoms with Gasteiger partial charge in [0.2, 0.25) is 21.8 Å². The van der Waals surface area contributed by atoms with E-state index in [2.05, 4.69) is 5.32 Å². The second kappa shape index (κ2) is 9.19. The number of rotatable bonds is 6. The number of amides is 2. The number of furan rings is 1. The van der Waals surface area contributed by atoms with E-state index in [1.165, 1.54) is 4.31 Å². The molecule has 34 heavy (non-hydrogen) atoms. The van der Waals surface area contributed by atoms with E-state index < -0.39 is 10.0 Å². The zero-order valence-corrected chi connectivity index (χ0v) is 20.2. The lowest BCUT2D eigenvalue weighted by atomic mass is 9.84. The highest BCUT2D eigenvalue weighted by Gasteiger charge is 2.38. The van der Waals surface area contributed by atoms with Gasteiger partial charge in [-0.25, -0.2) is 8.42 Å². The van der Waals surface area contributed by atoms with Crippen molar-refractivity contribution in [1.29, 1.82) is 0 Å². The van der Waals surface area contributed by atoms with Crippen LogP contribution in [0.2, 0.25) is 0 Å². The van der Waals surface area contributed by atoms with E-state index in [1.54, 1.807) is 36.6 Å². The van der Waals surface area contributed by atoms with Gasteiger partial charge in [0.1, 0.15) is 5.76 Å². The van der Waals surface area contributed by atoms with Crippen LogP contribution in [0.25, 0.3) is 0 Å². The predicted octanol–water partition coefficient (Wildman–Crippen LogP) is 3.07. The number of fused-ring (bicyclic) bond motifs is 1. The Hall–Kier alpha value is -2.65. The normalized spacial score (nSPS) is 21.8. The molecule has 0 unspecified atom stereocenters. The second-order valence-corrected chi connectivity index (χ2v) is 11.6. The third kappa shape index (κ3) is 4.27. The minimum absolute atomic E-state index is 0.0384. The van der Waals surface area contributed by atoms with Gasteiger partial charge in [-0.15, -0.1) is 0 Å². The van der Waals surface area contributed by atoms with Crippen LogP contribution in [-0.2, 0) is 32.6 Å². The van der Waals surface area contributed by atoms with Gasteiger partial charge in [-0.05, 0) is 74.9 Å². The van der Waals surface area contributed by atoms with Gasteiger partial charge in [0, 0.05) is 36.7 Å². The van der Waals surface area contributed by atoms with Crippen molar-refractivity contribution in [3.05, 3.63) is 47.9 Å². The number of nitrogens with zero attached hydrogens (tertiary/aromatic N) is 2. The molecular formula is C25H31N3O5S. The molecule has 2 amide bonds. The first kappa shape index (κ1) is 23.1. The van der Waals surface area contributed by atoms with E-state index in [-0.39, 0.29) is 34.6 Å². The SMILES string of the molecule is C[C@@H]1Cc2cc(S(=O)(=O)N3CCC(C(=O)NCc4ccco4)CC3)ccc2N1C(=O)C1CCC1. The Balaban J connectivity index is 1.23. The van der Waals surface area contributed by atoms with Crippen LogP contribution in [0.4, 0.5) is 5.69 Å². The van der Waals surface area contributed by atoms with Gasteiger partial charge in [-0.1, -0.05) is 6.42 Å². The van der Waals surface area contributed by atoms with Crippen LogP contribution in [0, 0.1) is 11.8 Å². The van der Waals surface area contributed by atoms with Gasteiger partial charge in [0.05, 0.1) is 17.7 Å². The molecule has 9 heteroatoms. The molecule has 0 radical (unpaired) electrons. The smallest absolute Gasteiger partial charge is 0.243 e. The number of carbonyl (C=O) groups excluding carboxylic acids is 2. The largest absolute Gasteiger partial charge is 0.467 e. The van der Waals surface area contributed by atoms with Gasteiger partial charge >= 0.3 is 0 Å². The number of anilines is 1. The van der Waals surface area contributed by atoms with Crippen LogP contribution >= 0.6 is 0 Å². The summed E-state index contributed by atoms with van der Waals surface area (Å²) in [5, 5.41) is 2.87. The van der Waals surface area contributed by atoms with E-state index in [9.17, 15) is 18.0 Å². The van der Waals surface area contributed by atoms with Crippen LogP contribution in [0.15, 0.2) is 45.9 Å². The fraction of sp³-hybridized carbons (Fsp3) is 0.520. The molecule has 0 bridgehead atoms. The number of carbonyl (C=O) groups is 2. The van der Waals surface area contributed by atoms with Gasteiger partial charge in [-0.2, -0.15) is 4.31 Å². The molecule has 0 spiro atoms. The molecule has 1 saturated carbocycles. The van der Waals surface area contributed by atoms with Gasteiger partial charge in [-0.3, -0.25) is 9.59 Å². The first-order chi connectivity index (χ1) is 16.3. The Morgan fingerprint density at radius 1 is 1.09 bits per heavy atom. The first-order valence-electron chi connectivity index (χ1n) is 12.1. The van der Waals surface area contributed by atoms with Crippen molar-refractivity contribution >= 4 is 27.5 Å². The predicted molar refractivity (Wildman–Crippen MR) is 126 cm³/mol. The van der Waals surface area contributed by atoms with Gasteiger partial charge < -0.3 is 14.6 Å². The molecule has 2 fully saturated rings. The lowest BCUT2D eigenvalue weighted by molar-refractivity contribution is -0.126. The summed E-state index contributed by atoms with van der Waals surface area (Å²) in [5.74, 6) is 0.673. The fourth-order valence-electron chi connectivity index (χ4n) is 5.19. The summed E-state index contributed by atoms with van der Waals surface area (Å²) >= 11 is 0. The molecule has 3 aliphatic rings. The number of nitrogens with one attached hydrogen (secondary N) is 1. The minimum Gasteiger partial charge on any atom is -0.467 e. The Kier molecular flexibility index (Phi) is 6.24. The second-order valence-electron chi connectivity index (χ2n) is 9.66. The monoisotopic (exact) mass is 485 g/mol. The number of piperidine rings is 1. The van der Waals surface area contributed by atoms with Crippen LogP contribution in [0.3, 0.4) is 0 Å². The highest BCUT2D eigenvalue weighted by molar-refractivity contribution is 7.89. The molecule has 2 aromatic rings. The summed E-state index contributed by atoms with van der Waals surface area (Å²) in [6, 6.07) is 8.75. The highest BCUT2D eigenvalue weighted by Crippen LogP contribution is 2.38. The summed E-state index contributed by atoms with van der Waals surface area (Å²) < 4.78 is 33.4. The third-order valence-corrected chi connectivity index (χ3v) is 9.33. The van der Waals surface area contributed by atoms with Crippen LogP contribution in [0.5, 0.6) is 0 Å². The zero-order chi connectivity index (χ0) is 23.9. The Bertz CT molecular complexity index is 1170. The van der Waals surface area contributed by atoms with Crippen molar-refractivity contribution in [3.8, 4) is 0 Å². The molecule has 8 nitrogen and oxygen atoms in total. The molecule has 1 aromatic carbocycles. The third-order valence-electron chi connectivity index (χ3n) is 7.44. The molecule has 5 rings (SSSR count). The van der Waals surface area contributed by atoms with E-state index in [4.69, 9.17) is 4.42 Å². The number of sulfonamides is 1. The number of benzene rings is 1. The molecule has 1 saturated heterocycles. The molecule has 1 N–H and O–H groups in total. The van der Waals surface area contributed by atoms with Gasteiger partial charge in [0.25, 0.3) is 0 Å². The lowest BCUT2D eigenvalue weighted by Crippen LogP contribution is -2.43. The van der Waals surface area contributed by atoms with Gasteiger partial charge in [0.15, 0.2) is 0 Å². The molecule has 3 heterocycles. The maximum Gasteiger partial charge on any atom is 0.243 e. The van der Waals surface area contributed by atoms with E-state index in [1.807, 2.05) is 11.8 Å². The molecule has 2 aliphatic heterocycles.